The molecule has 2 heterocycles. The lowest BCUT2D eigenvalue weighted by Gasteiger charge is -2.29. The number of fused-ring (bicyclic) bond motifs is 1. The van der Waals surface area contributed by atoms with Gasteiger partial charge in [0, 0.05) is 37.8 Å². The summed E-state index contributed by atoms with van der Waals surface area (Å²) in [7, 11) is 1.76. The predicted octanol–water partition coefficient (Wildman–Crippen LogP) is 3.05. The van der Waals surface area contributed by atoms with Gasteiger partial charge in [-0.25, -0.2) is 4.68 Å². The Bertz CT molecular complexity index is 1050. The van der Waals surface area contributed by atoms with Crippen LogP contribution < -0.4 is 10.5 Å². The van der Waals surface area contributed by atoms with Crippen LogP contribution in [0.1, 0.15) is 24.8 Å². The second-order valence-corrected chi connectivity index (χ2v) is 7.66. The smallest absolute Gasteiger partial charge is 0.275 e. The van der Waals surface area contributed by atoms with E-state index in [9.17, 15) is 9.59 Å². The minimum atomic E-state index is -0.240. The molecule has 0 aliphatic carbocycles. The van der Waals surface area contributed by atoms with Gasteiger partial charge in [0.2, 0.25) is 5.91 Å². The summed E-state index contributed by atoms with van der Waals surface area (Å²) < 4.78 is 1.24. The summed E-state index contributed by atoms with van der Waals surface area (Å²) in [6.07, 6.45) is 5.45. The number of aromatic nitrogens is 2. The Balaban J connectivity index is 1.41. The Morgan fingerprint density at radius 1 is 1.03 bits per heavy atom. The van der Waals surface area contributed by atoms with Gasteiger partial charge in [0.1, 0.15) is 6.54 Å². The van der Waals surface area contributed by atoms with Crippen LogP contribution in [0.25, 0.3) is 10.8 Å². The summed E-state index contributed by atoms with van der Waals surface area (Å²) >= 11 is 0. The van der Waals surface area contributed by atoms with Gasteiger partial charge in [-0.2, -0.15) is 5.10 Å². The predicted molar refractivity (Wildman–Crippen MR) is 115 cm³/mol. The van der Waals surface area contributed by atoms with Gasteiger partial charge in [-0.15, -0.1) is 0 Å². The van der Waals surface area contributed by atoms with Crippen LogP contribution in [0, 0.1) is 0 Å². The first-order chi connectivity index (χ1) is 14.1. The van der Waals surface area contributed by atoms with Crippen LogP contribution in [-0.2, 0) is 17.9 Å². The highest BCUT2D eigenvalue weighted by Gasteiger charge is 2.14. The minimum absolute atomic E-state index is 0.0635. The number of hydrogen-bond donors (Lipinski definition) is 0. The minimum Gasteiger partial charge on any atom is -0.372 e. The quantitative estimate of drug-likeness (QED) is 0.672. The van der Waals surface area contributed by atoms with Crippen molar-refractivity contribution < 1.29 is 4.79 Å². The molecule has 6 nitrogen and oxygen atoms in total. The first kappa shape index (κ1) is 19.2. The zero-order valence-electron chi connectivity index (χ0n) is 16.8. The Morgan fingerprint density at radius 3 is 2.52 bits per heavy atom. The first-order valence-electron chi connectivity index (χ1n) is 10.1. The molecule has 4 rings (SSSR count). The third-order valence-corrected chi connectivity index (χ3v) is 5.55. The van der Waals surface area contributed by atoms with Gasteiger partial charge in [0.05, 0.1) is 11.6 Å². The second kappa shape index (κ2) is 8.47. The average Bonchev–Trinajstić information content (AvgIpc) is 2.77. The molecule has 1 saturated heterocycles. The van der Waals surface area contributed by atoms with E-state index in [1.165, 1.54) is 29.6 Å². The molecule has 0 radical (unpaired) electrons. The molecular formula is C23H26N4O2. The molecule has 1 aliphatic heterocycles. The highest BCUT2D eigenvalue weighted by atomic mass is 16.2. The highest BCUT2D eigenvalue weighted by Crippen LogP contribution is 2.20. The maximum absolute atomic E-state index is 12.6. The second-order valence-electron chi connectivity index (χ2n) is 7.66. The molecular weight excluding hydrogens is 364 g/mol. The lowest BCUT2D eigenvalue weighted by atomic mass is 10.1. The summed E-state index contributed by atoms with van der Waals surface area (Å²) in [6, 6.07) is 15.7. The molecule has 1 aliphatic rings. The van der Waals surface area contributed by atoms with Crippen LogP contribution in [0.3, 0.4) is 0 Å². The number of likely N-dealkylation sites (N-methyl/N-ethyl adjacent to an activating group) is 1. The van der Waals surface area contributed by atoms with Gasteiger partial charge < -0.3 is 9.80 Å². The number of nitrogens with zero attached hydrogens (tertiary/aromatic N) is 4. The largest absolute Gasteiger partial charge is 0.372 e. The van der Waals surface area contributed by atoms with Crippen LogP contribution >= 0.6 is 0 Å². The third-order valence-electron chi connectivity index (χ3n) is 5.55. The fourth-order valence-electron chi connectivity index (χ4n) is 3.82. The Labute approximate surface area is 170 Å². The molecule has 1 aromatic heterocycles. The lowest BCUT2D eigenvalue weighted by Crippen LogP contribution is -2.34. The van der Waals surface area contributed by atoms with E-state index in [1.807, 2.05) is 18.2 Å². The normalized spacial score (nSPS) is 14.2. The van der Waals surface area contributed by atoms with Crippen molar-refractivity contribution in [3.05, 3.63) is 70.6 Å². The highest BCUT2D eigenvalue weighted by molar-refractivity contribution is 5.81. The van der Waals surface area contributed by atoms with E-state index >= 15 is 0 Å². The number of anilines is 1. The molecule has 6 heteroatoms. The van der Waals surface area contributed by atoms with Crippen LogP contribution in [0.15, 0.2) is 59.5 Å². The van der Waals surface area contributed by atoms with E-state index in [0.717, 1.165) is 24.0 Å². The number of hydrogen-bond acceptors (Lipinski definition) is 4. The van der Waals surface area contributed by atoms with Crippen LogP contribution in [0.2, 0.25) is 0 Å². The molecule has 0 saturated carbocycles. The standard InChI is InChI=1S/C23H26N4O2/c1-25(16-18-9-11-20(12-10-18)26-13-5-2-6-14-26)22(28)17-27-23(29)21-8-4-3-7-19(21)15-24-27/h3-4,7-12,15H,2,5-6,13-14,16-17H2,1H3. The molecule has 150 valence electrons. The molecule has 0 unspecified atom stereocenters. The van der Waals surface area contributed by atoms with Crippen molar-refractivity contribution in [3.63, 3.8) is 0 Å². The van der Waals surface area contributed by atoms with Crippen molar-refractivity contribution in [2.24, 2.45) is 0 Å². The average molecular weight is 390 g/mol. The molecule has 2 aromatic carbocycles. The summed E-state index contributed by atoms with van der Waals surface area (Å²) in [5.41, 5.74) is 2.07. The first-order valence-corrected chi connectivity index (χ1v) is 10.1. The Morgan fingerprint density at radius 2 is 1.76 bits per heavy atom. The van der Waals surface area contributed by atoms with Crippen molar-refractivity contribution in [3.8, 4) is 0 Å². The number of benzene rings is 2. The zero-order chi connectivity index (χ0) is 20.2. The van der Waals surface area contributed by atoms with E-state index in [4.69, 9.17) is 0 Å². The van der Waals surface area contributed by atoms with E-state index in [1.54, 1.807) is 24.2 Å². The molecule has 1 fully saturated rings. The monoisotopic (exact) mass is 390 g/mol. The van der Waals surface area contributed by atoms with Gasteiger partial charge in [-0.3, -0.25) is 9.59 Å². The van der Waals surface area contributed by atoms with Crippen LogP contribution in [0.5, 0.6) is 0 Å². The molecule has 3 aromatic rings. The number of amides is 1. The van der Waals surface area contributed by atoms with Crippen molar-refractivity contribution in [2.45, 2.75) is 32.4 Å². The van der Waals surface area contributed by atoms with Crippen molar-refractivity contribution in [1.82, 2.24) is 14.7 Å². The van der Waals surface area contributed by atoms with E-state index in [-0.39, 0.29) is 18.0 Å². The fraction of sp³-hybridized carbons (Fsp3) is 0.348. The maximum Gasteiger partial charge on any atom is 0.275 e. The van der Waals surface area contributed by atoms with Crippen LogP contribution in [-0.4, -0.2) is 40.7 Å². The Kier molecular flexibility index (Phi) is 5.60. The molecule has 0 N–H and O–H groups in total. The zero-order valence-corrected chi connectivity index (χ0v) is 16.8. The number of carbonyl (C=O) groups is 1. The van der Waals surface area contributed by atoms with Crippen molar-refractivity contribution in [1.29, 1.82) is 0 Å². The van der Waals surface area contributed by atoms with Gasteiger partial charge >= 0.3 is 0 Å². The summed E-state index contributed by atoms with van der Waals surface area (Å²) in [6.45, 7) is 2.67. The van der Waals surface area contributed by atoms with E-state index < -0.39 is 0 Å². The van der Waals surface area contributed by atoms with E-state index in [2.05, 4.69) is 34.3 Å². The molecule has 0 atom stereocenters. The SMILES string of the molecule is CN(Cc1ccc(N2CCCCC2)cc1)C(=O)Cn1ncc2ccccc2c1=O. The topological polar surface area (TPSA) is 58.4 Å². The van der Waals surface area contributed by atoms with Gasteiger partial charge in [0.15, 0.2) is 0 Å². The summed E-state index contributed by atoms with van der Waals surface area (Å²) in [5, 5.41) is 5.51. The third kappa shape index (κ3) is 4.31. The molecule has 1 amide bonds. The van der Waals surface area contributed by atoms with Gasteiger partial charge in [0.25, 0.3) is 5.56 Å². The summed E-state index contributed by atoms with van der Waals surface area (Å²) in [4.78, 5) is 29.2. The number of rotatable bonds is 5. The maximum atomic E-state index is 12.6. The lowest BCUT2D eigenvalue weighted by molar-refractivity contribution is -0.131. The van der Waals surface area contributed by atoms with Crippen molar-refractivity contribution >= 4 is 22.4 Å². The molecule has 29 heavy (non-hydrogen) atoms. The summed E-state index contributed by atoms with van der Waals surface area (Å²) in [5.74, 6) is -0.144. The van der Waals surface area contributed by atoms with Gasteiger partial charge in [-0.05, 0) is 43.0 Å². The number of piperidine rings is 1. The molecule has 0 spiro atoms. The van der Waals surface area contributed by atoms with E-state index in [0.29, 0.717) is 11.9 Å². The fourth-order valence-corrected chi connectivity index (χ4v) is 3.82. The van der Waals surface area contributed by atoms with Crippen molar-refractivity contribution in [2.75, 3.05) is 25.0 Å². The van der Waals surface area contributed by atoms with Crippen LogP contribution in [0.4, 0.5) is 5.69 Å². The molecule has 0 bridgehead atoms. The number of carbonyl (C=O) groups excluding carboxylic acids is 1. The Hall–Kier alpha value is -3.15. The van der Waals surface area contributed by atoms with Gasteiger partial charge in [-0.1, -0.05) is 30.3 Å².